The van der Waals surface area contributed by atoms with Crippen LogP contribution in [-0.2, 0) is 16.4 Å². The quantitative estimate of drug-likeness (QED) is 0.747. The number of nitrogens with one attached hydrogen (secondary N) is 2. The summed E-state index contributed by atoms with van der Waals surface area (Å²) in [4.78, 5) is 10.6. The highest BCUT2D eigenvalue weighted by Gasteiger charge is 2.14. The number of imidazole rings is 1. The van der Waals surface area contributed by atoms with Crippen molar-refractivity contribution in [3.8, 4) is 0 Å². The fourth-order valence-corrected chi connectivity index (χ4v) is 3.09. The van der Waals surface area contributed by atoms with Gasteiger partial charge in [0.05, 0.1) is 18.0 Å². The molecule has 21 heavy (non-hydrogen) atoms. The van der Waals surface area contributed by atoms with E-state index >= 15 is 0 Å². The Morgan fingerprint density at radius 1 is 1.19 bits per heavy atom. The van der Waals surface area contributed by atoms with Crippen LogP contribution in [0.1, 0.15) is 5.56 Å². The van der Waals surface area contributed by atoms with Gasteiger partial charge in [-0.3, -0.25) is 4.98 Å². The van der Waals surface area contributed by atoms with Gasteiger partial charge >= 0.3 is 0 Å². The second kappa shape index (κ2) is 5.63. The highest BCUT2D eigenvalue weighted by Crippen LogP contribution is 2.16. The molecule has 3 aromatic rings. The van der Waals surface area contributed by atoms with Crippen molar-refractivity contribution in [1.82, 2.24) is 19.7 Å². The summed E-state index contributed by atoms with van der Waals surface area (Å²) in [6.07, 6.45) is 4.92. The van der Waals surface area contributed by atoms with Crippen LogP contribution in [0.4, 0.5) is 0 Å². The summed E-state index contributed by atoms with van der Waals surface area (Å²) < 4.78 is 26.4. The Morgan fingerprint density at radius 2 is 2.05 bits per heavy atom. The third-order valence-corrected chi connectivity index (χ3v) is 4.55. The SMILES string of the molecule is O=S(=O)(NCCc1cccc2cccnc12)c1cnc[nH]1. The van der Waals surface area contributed by atoms with Crippen molar-refractivity contribution in [2.45, 2.75) is 11.4 Å². The van der Waals surface area contributed by atoms with Gasteiger partial charge in [-0.05, 0) is 18.1 Å². The lowest BCUT2D eigenvalue weighted by Crippen LogP contribution is -2.26. The molecular weight excluding hydrogens is 288 g/mol. The molecule has 0 aliphatic carbocycles. The Hall–Kier alpha value is -2.25. The van der Waals surface area contributed by atoms with E-state index in [1.54, 1.807) is 6.20 Å². The van der Waals surface area contributed by atoms with E-state index in [0.29, 0.717) is 13.0 Å². The maximum Gasteiger partial charge on any atom is 0.257 e. The molecule has 2 N–H and O–H groups in total. The Labute approximate surface area is 122 Å². The first-order valence-electron chi connectivity index (χ1n) is 6.47. The number of rotatable bonds is 5. The molecule has 2 heterocycles. The predicted octanol–water partition coefficient (Wildman–Crippen LogP) is 1.48. The third-order valence-electron chi connectivity index (χ3n) is 3.17. The predicted molar refractivity (Wildman–Crippen MR) is 79.2 cm³/mol. The summed E-state index contributed by atoms with van der Waals surface area (Å²) in [7, 11) is -3.53. The average Bonchev–Trinajstić information content (AvgIpc) is 3.02. The van der Waals surface area contributed by atoms with Crippen molar-refractivity contribution >= 4 is 20.9 Å². The monoisotopic (exact) mass is 302 g/mol. The molecule has 0 atom stereocenters. The highest BCUT2D eigenvalue weighted by molar-refractivity contribution is 7.89. The molecule has 0 unspecified atom stereocenters. The number of para-hydroxylation sites is 1. The lowest BCUT2D eigenvalue weighted by molar-refractivity contribution is 0.578. The van der Waals surface area contributed by atoms with Crippen LogP contribution in [0.15, 0.2) is 54.1 Å². The van der Waals surface area contributed by atoms with E-state index in [1.807, 2.05) is 30.3 Å². The van der Waals surface area contributed by atoms with Crippen molar-refractivity contribution in [1.29, 1.82) is 0 Å². The van der Waals surface area contributed by atoms with Gasteiger partial charge < -0.3 is 4.98 Å². The number of pyridine rings is 1. The van der Waals surface area contributed by atoms with E-state index in [2.05, 4.69) is 19.7 Å². The molecule has 0 spiro atoms. The Kier molecular flexibility index (Phi) is 3.68. The summed E-state index contributed by atoms with van der Waals surface area (Å²) in [5.74, 6) is 0. The molecule has 2 aromatic heterocycles. The van der Waals surface area contributed by atoms with Crippen molar-refractivity contribution < 1.29 is 8.42 Å². The number of sulfonamides is 1. The fraction of sp³-hybridized carbons (Fsp3) is 0.143. The van der Waals surface area contributed by atoms with Crippen LogP contribution in [0.2, 0.25) is 0 Å². The highest BCUT2D eigenvalue weighted by atomic mass is 32.2. The Bertz CT molecular complexity index is 839. The first-order valence-corrected chi connectivity index (χ1v) is 7.96. The van der Waals surface area contributed by atoms with Crippen LogP contribution < -0.4 is 4.72 Å². The maximum absolute atomic E-state index is 11.9. The molecule has 0 saturated heterocycles. The number of aromatic amines is 1. The summed E-state index contributed by atoms with van der Waals surface area (Å²) in [6, 6.07) is 9.76. The summed E-state index contributed by atoms with van der Waals surface area (Å²) in [5, 5.41) is 1.12. The van der Waals surface area contributed by atoms with Crippen molar-refractivity contribution in [3.63, 3.8) is 0 Å². The zero-order valence-electron chi connectivity index (χ0n) is 11.2. The second-order valence-electron chi connectivity index (χ2n) is 4.56. The van der Waals surface area contributed by atoms with Gasteiger partial charge in [-0.1, -0.05) is 24.3 Å². The number of hydrogen-bond donors (Lipinski definition) is 2. The van der Waals surface area contributed by atoms with Crippen LogP contribution in [-0.4, -0.2) is 29.9 Å². The molecular formula is C14H14N4O2S. The van der Waals surface area contributed by atoms with Gasteiger partial charge in [-0.15, -0.1) is 0 Å². The minimum atomic E-state index is -3.53. The number of benzene rings is 1. The first kappa shape index (κ1) is 13.7. The standard InChI is InChI=1S/C14H14N4O2S/c19-21(20,13-9-15-10-17-13)18-8-6-12-4-1-3-11-5-2-7-16-14(11)12/h1-5,7,9-10,18H,6,8H2,(H,15,17). The van der Waals surface area contributed by atoms with Crippen LogP contribution in [0, 0.1) is 0 Å². The molecule has 108 valence electrons. The van der Waals surface area contributed by atoms with Crippen molar-refractivity contribution in [2.75, 3.05) is 6.54 Å². The van der Waals surface area contributed by atoms with Crippen molar-refractivity contribution in [3.05, 3.63) is 54.6 Å². The molecule has 6 nitrogen and oxygen atoms in total. The average molecular weight is 302 g/mol. The topological polar surface area (TPSA) is 87.7 Å². The van der Waals surface area contributed by atoms with Gasteiger partial charge in [0.2, 0.25) is 0 Å². The third kappa shape index (κ3) is 2.93. The molecule has 7 heteroatoms. The Morgan fingerprint density at radius 3 is 2.86 bits per heavy atom. The molecule has 1 aromatic carbocycles. The summed E-state index contributed by atoms with van der Waals surface area (Å²) in [6.45, 7) is 0.303. The van der Waals surface area contributed by atoms with E-state index < -0.39 is 10.0 Å². The molecule has 0 fully saturated rings. The number of H-pyrrole nitrogens is 1. The van der Waals surface area contributed by atoms with Crippen LogP contribution >= 0.6 is 0 Å². The van der Waals surface area contributed by atoms with E-state index in [1.165, 1.54) is 12.5 Å². The van der Waals surface area contributed by atoms with Gasteiger partial charge in [0, 0.05) is 18.1 Å². The minimum absolute atomic E-state index is 0.0681. The van der Waals surface area contributed by atoms with E-state index in [0.717, 1.165) is 16.5 Å². The smallest absolute Gasteiger partial charge is 0.257 e. The molecule has 0 bridgehead atoms. The summed E-state index contributed by atoms with van der Waals surface area (Å²) in [5.41, 5.74) is 1.92. The maximum atomic E-state index is 11.9. The van der Waals surface area contributed by atoms with Gasteiger partial charge in [-0.25, -0.2) is 18.1 Å². The van der Waals surface area contributed by atoms with Crippen molar-refractivity contribution in [2.24, 2.45) is 0 Å². The van der Waals surface area contributed by atoms with E-state index in [-0.39, 0.29) is 5.03 Å². The Balaban J connectivity index is 1.73. The number of aromatic nitrogens is 3. The zero-order chi connectivity index (χ0) is 14.7. The first-order chi connectivity index (χ1) is 10.2. The van der Waals surface area contributed by atoms with Crippen LogP contribution in [0.3, 0.4) is 0 Å². The van der Waals surface area contributed by atoms with Gasteiger partial charge in [-0.2, -0.15) is 0 Å². The summed E-state index contributed by atoms with van der Waals surface area (Å²) >= 11 is 0. The van der Waals surface area contributed by atoms with Crippen LogP contribution in [0.25, 0.3) is 10.9 Å². The molecule has 0 radical (unpaired) electrons. The minimum Gasteiger partial charge on any atom is -0.335 e. The second-order valence-corrected chi connectivity index (χ2v) is 6.29. The number of fused-ring (bicyclic) bond motifs is 1. The van der Waals surface area contributed by atoms with E-state index in [9.17, 15) is 8.42 Å². The van der Waals surface area contributed by atoms with Gasteiger partial charge in [0.25, 0.3) is 10.0 Å². The lowest BCUT2D eigenvalue weighted by Gasteiger charge is -2.07. The zero-order valence-corrected chi connectivity index (χ0v) is 12.0. The number of hydrogen-bond acceptors (Lipinski definition) is 4. The molecule has 0 aliphatic rings. The number of nitrogens with zero attached hydrogens (tertiary/aromatic N) is 2. The van der Waals surface area contributed by atoms with Gasteiger partial charge in [0.1, 0.15) is 0 Å². The fourth-order valence-electron chi connectivity index (χ4n) is 2.16. The largest absolute Gasteiger partial charge is 0.335 e. The molecule has 3 rings (SSSR count). The molecule has 0 aliphatic heterocycles. The van der Waals surface area contributed by atoms with E-state index in [4.69, 9.17) is 0 Å². The van der Waals surface area contributed by atoms with Gasteiger partial charge in [0.15, 0.2) is 5.03 Å². The molecule has 0 saturated carbocycles. The normalized spacial score (nSPS) is 11.8. The van der Waals surface area contributed by atoms with Crippen LogP contribution in [0.5, 0.6) is 0 Å². The molecule has 0 amide bonds. The lowest BCUT2D eigenvalue weighted by atomic mass is 10.1.